The molecule has 4 nitrogen and oxygen atoms in total. The van der Waals surface area contributed by atoms with Crippen molar-refractivity contribution in [3.8, 4) is 0 Å². The lowest BCUT2D eigenvalue weighted by Crippen LogP contribution is -2.24. The summed E-state index contributed by atoms with van der Waals surface area (Å²) in [5.41, 5.74) is 0. The lowest BCUT2D eigenvalue weighted by atomic mass is 10.2. The molecule has 0 aromatic carbocycles. The van der Waals surface area contributed by atoms with Gasteiger partial charge in [-0.3, -0.25) is 0 Å². The predicted octanol–water partition coefficient (Wildman–Crippen LogP) is -0.935. The molecular weight excluding hydrogens is 120 g/mol. The molecule has 4 heteroatoms. The van der Waals surface area contributed by atoms with Crippen LogP contribution in [0.5, 0.6) is 0 Å². The average molecular weight is 134 g/mol. The van der Waals surface area contributed by atoms with Crippen LogP contribution in [0.15, 0.2) is 0 Å². The summed E-state index contributed by atoms with van der Waals surface area (Å²) in [6, 6.07) is 0.403. The van der Waals surface area contributed by atoms with E-state index in [1.54, 1.807) is 0 Å². The Hall–Kier alpha value is -0.160. The summed E-state index contributed by atoms with van der Waals surface area (Å²) in [7, 11) is 0. The number of rotatable bonds is 1. The summed E-state index contributed by atoms with van der Waals surface area (Å²) < 4.78 is 0. The molecule has 5 N–H and O–H groups in total. The van der Waals surface area contributed by atoms with E-state index < -0.39 is 0 Å². The van der Waals surface area contributed by atoms with Gasteiger partial charge in [0, 0.05) is 6.04 Å². The highest BCUT2D eigenvalue weighted by Gasteiger charge is 2.10. The van der Waals surface area contributed by atoms with Crippen LogP contribution in [0.4, 0.5) is 0 Å². The van der Waals surface area contributed by atoms with Gasteiger partial charge in [-0.15, -0.1) is 0 Å². The Morgan fingerprint density at radius 3 is 2.44 bits per heavy atom. The Balaban J connectivity index is 0.000000291. The molecule has 1 atom stereocenters. The van der Waals surface area contributed by atoms with Crippen LogP contribution in [0.2, 0.25) is 0 Å². The molecule has 0 radical (unpaired) electrons. The molecule has 0 amide bonds. The molecule has 0 aromatic rings. The highest BCUT2D eigenvalue weighted by Crippen LogP contribution is 2.02. The van der Waals surface area contributed by atoms with Gasteiger partial charge < -0.3 is 15.6 Å². The highest BCUT2D eigenvalue weighted by molar-refractivity contribution is 4.71. The number of nitrogens with one attached hydrogen (secondary N) is 1. The third-order valence-electron chi connectivity index (χ3n) is 1.38. The first kappa shape index (κ1) is 8.84. The molecule has 0 saturated carbocycles. The van der Waals surface area contributed by atoms with Gasteiger partial charge in [-0.1, -0.05) is 0 Å². The largest absolute Gasteiger partial charge is 0.395 e. The normalized spacial score (nSPS) is 25.0. The van der Waals surface area contributed by atoms with Crippen molar-refractivity contribution in [1.29, 1.82) is 0 Å². The minimum atomic E-state index is 0.306. The fraction of sp³-hybridized carbons (Fsp3) is 1.00. The molecule has 0 spiro atoms. The van der Waals surface area contributed by atoms with E-state index >= 15 is 0 Å². The smallest absolute Gasteiger partial charge is 0.0584 e. The summed E-state index contributed by atoms with van der Waals surface area (Å²) in [5.74, 6) is 3.50. The Morgan fingerprint density at radius 2 is 2.22 bits per heavy atom. The number of hydrogen-bond acceptors (Lipinski definition) is 4. The molecule has 1 aliphatic heterocycles. The van der Waals surface area contributed by atoms with Gasteiger partial charge in [0.05, 0.1) is 6.61 Å². The van der Waals surface area contributed by atoms with Crippen LogP contribution in [0.1, 0.15) is 12.8 Å². The monoisotopic (exact) mass is 134 g/mol. The lowest BCUT2D eigenvalue weighted by Gasteiger charge is -2.01. The molecule has 0 aromatic heterocycles. The fourth-order valence-corrected chi connectivity index (χ4v) is 0.913. The summed E-state index contributed by atoms with van der Waals surface area (Å²) >= 11 is 0. The maximum Gasteiger partial charge on any atom is 0.0584 e. The molecular formula is C5H14N2O2. The van der Waals surface area contributed by atoms with Gasteiger partial charge in [0.15, 0.2) is 0 Å². The third-order valence-corrected chi connectivity index (χ3v) is 1.38. The number of nitrogens with two attached hydrogens (primary N) is 1. The van der Waals surface area contributed by atoms with Crippen molar-refractivity contribution in [3.63, 3.8) is 0 Å². The molecule has 1 rings (SSSR count). The second kappa shape index (κ2) is 5.97. The zero-order valence-electron chi connectivity index (χ0n) is 5.38. The van der Waals surface area contributed by atoms with Gasteiger partial charge in [0.1, 0.15) is 0 Å². The standard InChI is InChI=1S/C5H11NO.H3NO/c7-4-5-2-1-3-6-5;1-2/h5-7H,1-4H2;2H,1H2. The maximum absolute atomic E-state index is 8.50. The molecule has 9 heavy (non-hydrogen) atoms. The van der Waals surface area contributed by atoms with Gasteiger partial charge in [0.25, 0.3) is 0 Å². The SMILES string of the molecule is NO.OCC1CCCN1. The number of aliphatic hydroxyl groups is 1. The van der Waals surface area contributed by atoms with Crippen LogP contribution in [0.25, 0.3) is 0 Å². The number of aliphatic hydroxyl groups excluding tert-OH is 1. The van der Waals surface area contributed by atoms with E-state index in [1.165, 1.54) is 6.42 Å². The topological polar surface area (TPSA) is 78.5 Å². The van der Waals surface area contributed by atoms with Gasteiger partial charge >= 0.3 is 0 Å². The van der Waals surface area contributed by atoms with Crippen LogP contribution in [-0.4, -0.2) is 29.5 Å². The van der Waals surface area contributed by atoms with E-state index in [2.05, 4.69) is 11.2 Å². The van der Waals surface area contributed by atoms with Crippen molar-refractivity contribution >= 4 is 0 Å². The van der Waals surface area contributed by atoms with E-state index in [0.717, 1.165) is 13.0 Å². The quantitative estimate of drug-likeness (QED) is 0.349. The molecule has 0 bridgehead atoms. The van der Waals surface area contributed by atoms with E-state index in [-0.39, 0.29) is 0 Å². The Labute approximate surface area is 54.6 Å². The Morgan fingerprint density at radius 1 is 1.56 bits per heavy atom. The molecule has 1 heterocycles. The molecule has 56 valence electrons. The van der Waals surface area contributed by atoms with E-state index in [9.17, 15) is 0 Å². The van der Waals surface area contributed by atoms with Crippen molar-refractivity contribution in [2.75, 3.05) is 13.2 Å². The first-order valence-corrected chi connectivity index (χ1v) is 3.03. The van der Waals surface area contributed by atoms with Crippen LogP contribution in [-0.2, 0) is 0 Å². The van der Waals surface area contributed by atoms with E-state index in [1.807, 2.05) is 0 Å². The van der Waals surface area contributed by atoms with Gasteiger partial charge in [0.2, 0.25) is 0 Å². The van der Waals surface area contributed by atoms with Crippen LogP contribution in [0.3, 0.4) is 0 Å². The summed E-state index contributed by atoms with van der Waals surface area (Å²) in [4.78, 5) is 0. The predicted molar refractivity (Wildman–Crippen MR) is 34.1 cm³/mol. The van der Waals surface area contributed by atoms with Crippen LogP contribution >= 0.6 is 0 Å². The zero-order valence-corrected chi connectivity index (χ0v) is 5.38. The Kier molecular flexibility index (Phi) is 5.86. The van der Waals surface area contributed by atoms with Gasteiger partial charge in [-0.25, -0.2) is 5.90 Å². The first-order chi connectivity index (χ1) is 4.43. The first-order valence-electron chi connectivity index (χ1n) is 3.03. The van der Waals surface area contributed by atoms with Crippen molar-refractivity contribution in [2.45, 2.75) is 18.9 Å². The van der Waals surface area contributed by atoms with Crippen molar-refractivity contribution in [1.82, 2.24) is 5.32 Å². The minimum Gasteiger partial charge on any atom is -0.395 e. The second-order valence-electron chi connectivity index (χ2n) is 1.98. The van der Waals surface area contributed by atoms with Gasteiger partial charge in [-0.2, -0.15) is 0 Å². The van der Waals surface area contributed by atoms with Crippen LogP contribution in [0, 0.1) is 0 Å². The van der Waals surface area contributed by atoms with E-state index in [0.29, 0.717) is 12.6 Å². The van der Waals surface area contributed by atoms with Crippen LogP contribution < -0.4 is 11.2 Å². The van der Waals surface area contributed by atoms with Crippen molar-refractivity contribution in [3.05, 3.63) is 0 Å². The zero-order chi connectivity index (χ0) is 7.11. The maximum atomic E-state index is 8.50. The molecule has 1 unspecified atom stereocenters. The molecule has 1 fully saturated rings. The summed E-state index contributed by atoms with van der Waals surface area (Å²) in [5, 5.41) is 18.2. The molecule has 0 aliphatic carbocycles. The van der Waals surface area contributed by atoms with Crippen molar-refractivity contribution in [2.24, 2.45) is 5.90 Å². The summed E-state index contributed by atoms with van der Waals surface area (Å²) in [6.45, 7) is 1.39. The lowest BCUT2D eigenvalue weighted by molar-refractivity contribution is 0.255. The summed E-state index contributed by atoms with van der Waals surface area (Å²) in [6.07, 6.45) is 2.38. The molecule has 1 saturated heterocycles. The third kappa shape index (κ3) is 3.42. The number of hydrogen-bond donors (Lipinski definition) is 4. The fourth-order valence-electron chi connectivity index (χ4n) is 0.913. The minimum absolute atomic E-state index is 0.306. The van der Waals surface area contributed by atoms with Crippen molar-refractivity contribution < 1.29 is 10.3 Å². The van der Waals surface area contributed by atoms with Gasteiger partial charge in [-0.05, 0) is 19.4 Å². The second-order valence-corrected chi connectivity index (χ2v) is 1.98. The Bertz CT molecular complexity index is 54.9. The highest BCUT2D eigenvalue weighted by atomic mass is 16.4. The molecule has 1 aliphatic rings. The van der Waals surface area contributed by atoms with E-state index in [4.69, 9.17) is 10.3 Å². The average Bonchev–Trinajstić information content (AvgIpc) is 2.43.